The van der Waals surface area contributed by atoms with Crippen LogP contribution in [0.3, 0.4) is 0 Å². The lowest BCUT2D eigenvalue weighted by atomic mass is 9.90. The summed E-state index contributed by atoms with van der Waals surface area (Å²) >= 11 is 0. The summed E-state index contributed by atoms with van der Waals surface area (Å²) in [6, 6.07) is 15.7. The summed E-state index contributed by atoms with van der Waals surface area (Å²) in [5.41, 5.74) is 1.41. The number of nitrogens with zero attached hydrogens (tertiary/aromatic N) is 2. The molecule has 1 fully saturated rings. The lowest BCUT2D eigenvalue weighted by Crippen LogP contribution is -2.34. The predicted octanol–water partition coefficient (Wildman–Crippen LogP) is 3.68. The standard InChI is InChI=1S/C17H19FN2/c18-16-7-4-8-17(19-16)20-11-9-15(10-12-20)13-14-5-2-1-3-6-14/h1-8,15H,9-13H2. The lowest BCUT2D eigenvalue weighted by Gasteiger charge is -2.32. The number of rotatable bonds is 3. The van der Waals surface area contributed by atoms with Gasteiger partial charge in [0.25, 0.3) is 0 Å². The minimum Gasteiger partial charge on any atom is -0.357 e. The molecule has 1 aromatic heterocycles. The summed E-state index contributed by atoms with van der Waals surface area (Å²) in [4.78, 5) is 6.15. The zero-order chi connectivity index (χ0) is 13.8. The first-order valence-corrected chi connectivity index (χ1v) is 7.23. The van der Waals surface area contributed by atoms with E-state index >= 15 is 0 Å². The van der Waals surface area contributed by atoms with E-state index in [1.807, 2.05) is 6.07 Å². The normalized spacial score (nSPS) is 16.4. The first-order valence-electron chi connectivity index (χ1n) is 7.23. The third-order valence-corrected chi connectivity index (χ3v) is 4.01. The Hall–Kier alpha value is -1.90. The zero-order valence-corrected chi connectivity index (χ0v) is 11.5. The van der Waals surface area contributed by atoms with Gasteiger partial charge in [-0.3, -0.25) is 0 Å². The first kappa shape index (κ1) is 13.1. The molecule has 0 amide bonds. The predicted molar refractivity (Wildman–Crippen MR) is 79.3 cm³/mol. The van der Waals surface area contributed by atoms with E-state index in [4.69, 9.17) is 0 Å². The maximum absolute atomic E-state index is 13.1. The van der Waals surface area contributed by atoms with Crippen LogP contribution >= 0.6 is 0 Å². The number of aromatic nitrogens is 1. The molecule has 0 saturated carbocycles. The van der Waals surface area contributed by atoms with Crippen molar-refractivity contribution in [1.82, 2.24) is 4.98 Å². The van der Waals surface area contributed by atoms with E-state index in [-0.39, 0.29) is 0 Å². The second-order valence-corrected chi connectivity index (χ2v) is 5.44. The summed E-state index contributed by atoms with van der Waals surface area (Å²) in [5, 5.41) is 0. The molecule has 20 heavy (non-hydrogen) atoms. The highest BCUT2D eigenvalue weighted by Crippen LogP contribution is 2.24. The van der Waals surface area contributed by atoms with Crippen molar-refractivity contribution < 1.29 is 4.39 Å². The van der Waals surface area contributed by atoms with Gasteiger partial charge in [-0.15, -0.1) is 0 Å². The molecule has 0 atom stereocenters. The van der Waals surface area contributed by atoms with Gasteiger partial charge in [0.05, 0.1) is 0 Å². The molecule has 1 aliphatic heterocycles. The van der Waals surface area contributed by atoms with Crippen LogP contribution in [0.1, 0.15) is 18.4 Å². The first-order chi connectivity index (χ1) is 9.81. The van der Waals surface area contributed by atoms with E-state index in [0.717, 1.165) is 44.1 Å². The SMILES string of the molecule is Fc1cccc(N2CCC(Cc3ccccc3)CC2)n1. The Kier molecular flexibility index (Phi) is 3.95. The summed E-state index contributed by atoms with van der Waals surface area (Å²) in [7, 11) is 0. The molecule has 3 rings (SSSR count). The molecular formula is C17H19FN2. The summed E-state index contributed by atoms with van der Waals surface area (Å²) in [6.45, 7) is 1.93. The van der Waals surface area contributed by atoms with Crippen LogP contribution in [0.2, 0.25) is 0 Å². The maximum Gasteiger partial charge on any atom is 0.214 e. The zero-order valence-electron chi connectivity index (χ0n) is 11.5. The molecule has 3 heteroatoms. The van der Waals surface area contributed by atoms with E-state index in [9.17, 15) is 4.39 Å². The molecule has 2 aromatic rings. The Bertz CT molecular complexity index is 548. The molecule has 0 aliphatic carbocycles. The third-order valence-electron chi connectivity index (χ3n) is 4.01. The summed E-state index contributed by atoms with van der Waals surface area (Å²) < 4.78 is 13.1. The molecule has 0 spiro atoms. The highest BCUT2D eigenvalue weighted by Gasteiger charge is 2.20. The average molecular weight is 270 g/mol. The van der Waals surface area contributed by atoms with Crippen molar-refractivity contribution in [1.29, 1.82) is 0 Å². The van der Waals surface area contributed by atoms with Gasteiger partial charge in [0, 0.05) is 13.1 Å². The average Bonchev–Trinajstić information content (AvgIpc) is 2.49. The Balaban J connectivity index is 1.57. The summed E-state index contributed by atoms with van der Waals surface area (Å²) in [5.74, 6) is 1.10. The van der Waals surface area contributed by atoms with Gasteiger partial charge in [-0.05, 0) is 42.9 Å². The quantitative estimate of drug-likeness (QED) is 0.791. The fourth-order valence-electron chi connectivity index (χ4n) is 2.89. The van der Waals surface area contributed by atoms with E-state index < -0.39 is 5.95 Å². The summed E-state index contributed by atoms with van der Waals surface area (Å²) in [6.07, 6.45) is 3.44. The van der Waals surface area contributed by atoms with E-state index in [1.54, 1.807) is 6.07 Å². The Morgan fingerprint density at radius 1 is 1.00 bits per heavy atom. The fraction of sp³-hybridized carbons (Fsp3) is 0.353. The van der Waals surface area contributed by atoms with Crippen molar-refractivity contribution in [2.45, 2.75) is 19.3 Å². The van der Waals surface area contributed by atoms with Crippen LogP contribution in [-0.4, -0.2) is 18.1 Å². The maximum atomic E-state index is 13.1. The van der Waals surface area contributed by atoms with Crippen LogP contribution in [0.15, 0.2) is 48.5 Å². The molecule has 0 unspecified atom stereocenters. The van der Waals surface area contributed by atoms with Crippen molar-refractivity contribution in [3.05, 3.63) is 60.0 Å². The molecule has 1 saturated heterocycles. The second-order valence-electron chi connectivity index (χ2n) is 5.44. The highest BCUT2D eigenvalue weighted by molar-refractivity contribution is 5.38. The monoisotopic (exact) mass is 270 g/mol. The number of pyridine rings is 1. The largest absolute Gasteiger partial charge is 0.357 e. The molecule has 0 radical (unpaired) electrons. The molecule has 1 aromatic carbocycles. The number of anilines is 1. The Labute approximate surface area is 119 Å². The van der Waals surface area contributed by atoms with Crippen molar-refractivity contribution >= 4 is 5.82 Å². The number of halogens is 1. The second kappa shape index (κ2) is 6.04. The molecular weight excluding hydrogens is 251 g/mol. The molecule has 1 aliphatic rings. The van der Waals surface area contributed by atoms with Crippen molar-refractivity contribution in [2.75, 3.05) is 18.0 Å². The Morgan fingerprint density at radius 3 is 2.45 bits per heavy atom. The van der Waals surface area contributed by atoms with Crippen LogP contribution in [0.4, 0.5) is 10.2 Å². The van der Waals surface area contributed by atoms with Gasteiger partial charge >= 0.3 is 0 Å². The van der Waals surface area contributed by atoms with Crippen molar-refractivity contribution in [3.8, 4) is 0 Å². The van der Waals surface area contributed by atoms with Gasteiger partial charge in [0.15, 0.2) is 0 Å². The topological polar surface area (TPSA) is 16.1 Å². The number of hydrogen-bond donors (Lipinski definition) is 0. The molecule has 0 N–H and O–H groups in total. The van der Waals surface area contributed by atoms with Gasteiger partial charge < -0.3 is 4.90 Å². The minimum atomic E-state index is -0.395. The van der Waals surface area contributed by atoms with E-state index in [2.05, 4.69) is 40.2 Å². The fourth-order valence-corrected chi connectivity index (χ4v) is 2.89. The van der Waals surface area contributed by atoms with Crippen LogP contribution in [0.25, 0.3) is 0 Å². The van der Waals surface area contributed by atoms with Crippen LogP contribution in [0.5, 0.6) is 0 Å². The lowest BCUT2D eigenvalue weighted by molar-refractivity contribution is 0.401. The van der Waals surface area contributed by atoms with Gasteiger partial charge in [-0.2, -0.15) is 4.39 Å². The smallest absolute Gasteiger partial charge is 0.214 e. The van der Waals surface area contributed by atoms with Crippen molar-refractivity contribution in [3.63, 3.8) is 0 Å². The third kappa shape index (κ3) is 3.16. The number of benzene rings is 1. The Morgan fingerprint density at radius 2 is 1.75 bits per heavy atom. The molecule has 2 heterocycles. The van der Waals surface area contributed by atoms with Gasteiger partial charge in [0.2, 0.25) is 5.95 Å². The highest BCUT2D eigenvalue weighted by atomic mass is 19.1. The minimum absolute atomic E-state index is 0.395. The van der Waals surface area contributed by atoms with Crippen LogP contribution in [0, 0.1) is 11.9 Å². The molecule has 0 bridgehead atoms. The van der Waals surface area contributed by atoms with Gasteiger partial charge in [0.1, 0.15) is 5.82 Å². The van der Waals surface area contributed by atoms with E-state index in [1.165, 1.54) is 11.6 Å². The van der Waals surface area contributed by atoms with Crippen molar-refractivity contribution in [2.24, 2.45) is 5.92 Å². The molecule has 2 nitrogen and oxygen atoms in total. The van der Waals surface area contributed by atoms with E-state index in [0.29, 0.717) is 0 Å². The number of hydrogen-bond acceptors (Lipinski definition) is 2. The van der Waals surface area contributed by atoms with Gasteiger partial charge in [-0.1, -0.05) is 36.4 Å². The number of piperidine rings is 1. The van der Waals surface area contributed by atoms with Crippen LogP contribution < -0.4 is 4.90 Å². The van der Waals surface area contributed by atoms with Crippen LogP contribution in [-0.2, 0) is 6.42 Å². The van der Waals surface area contributed by atoms with Gasteiger partial charge in [-0.25, -0.2) is 4.98 Å². The molecule has 104 valence electrons.